The van der Waals surface area contributed by atoms with E-state index in [0.717, 1.165) is 47.7 Å². The molecule has 0 spiro atoms. The molecule has 0 bridgehead atoms. The molecule has 3 heterocycles. The van der Waals surface area contributed by atoms with E-state index in [1.54, 1.807) is 6.20 Å². The molecular weight excluding hydrogens is 416 g/mol. The number of fused-ring (bicyclic) bond motifs is 3. The fourth-order valence-electron chi connectivity index (χ4n) is 4.35. The molecule has 2 N–H and O–H groups in total. The van der Waals surface area contributed by atoms with Gasteiger partial charge >= 0.3 is 0 Å². The zero-order valence-electron chi connectivity index (χ0n) is 18.7. The zero-order chi connectivity index (χ0) is 22.9. The van der Waals surface area contributed by atoms with Crippen molar-refractivity contribution in [2.75, 3.05) is 37.8 Å². The first-order chi connectivity index (χ1) is 16.0. The Hall–Kier alpha value is -3.78. The highest BCUT2D eigenvalue weighted by molar-refractivity contribution is 6.00. The van der Waals surface area contributed by atoms with Crippen molar-refractivity contribution in [3.05, 3.63) is 65.9 Å². The van der Waals surface area contributed by atoms with E-state index in [-0.39, 0.29) is 18.2 Å². The number of likely N-dealkylation sites (N-methyl/N-ethyl adjacent to an activating group) is 1. The molecule has 0 saturated carbocycles. The number of benzene rings is 2. The molecule has 8 heteroatoms. The van der Waals surface area contributed by atoms with Crippen molar-refractivity contribution in [2.24, 2.45) is 0 Å². The fourth-order valence-corrected chi connectivity index (χ4v) is 4.35. The number of rotatable bonds is 4. The number of nitrogens with zero attached hydrogens (tertiary/aromatic N) is 4. The van der Waals surface area contributed by atoms with Crippen molar-refractivity contribution in [2.45, 2.75) is 18.9 Å². The van der Waals surface area contributed by atoms with Crippen molar-refractivity contribution < 1.29 is 9.59 Å². The Morgan fingerprint density at radius 2 is 1.94 bits per heavy atom. The minimum Gasteiger partial charge on any atom is -0.337 e. The summed E-state index contributed by atoms with van der Waals surface area (Å²) in [6.07, 6.45) is 2.92. The van der Waals surface area contributed by atoms with Crippen LogP contribution in [0.3, 0.4) is 0 Å². The van der Waals surface area contributed by atoms with Crippen molar-refractivity contribution >= 4 is 29.1 Å². The largest absolute Gasteiger partial charge is 0.337 e. The topological polar surface area (TPSA) is 90.5 Å². The average molecular weight is 443 g/mol. The van der Waals surface area contributed by atoms with Gasteiger partial charge in [-0.1, -0.05) is 18.2 Å². The molecule has 2 aliphatic rings. The molecule has 168 valence electrons. The van der Waals surface area contributed by atoms with Crippen molar-refractivity contribution in [1.82, 2.24) is 19.8 Å². The maximum absolute atomic E-state index is 12.9. The van der Waals surface area contributed by atoms with Gasteiger partial charge < -0.3 is 20.4 Å². The number of amides is 2. The molecule has 2 aromatic carbocycles. The van der Waals surface area contributed by atoms with Crippen LogP contribution in [-0.2, 0) is 11.2 Å². The summed E-state index contributed by atoms with van der Waals surface area (Å²) in [6, 6.07) is 15.4. The van der Waals surface area contributed by atoms with Crippen LogP contribution in [-0.4, -0.2) is 64.8 Å². The van der Waals surface area contributed by atoms with E-state index in [1.807, 2.05) is 53.4 Å². The maximum Gasteiger partial charge on any atom is 0.253 e. The predicted molar refractivity (Wildman–Crippen MR) is 128 cm³/mol. The first-order valence-corrected chi connectivity index (χ1v) is 11.1. The van der Waals surface area contributed by atoms with Crippen LogP contribution >= 0.6 is 0 Å². The van der Waals surface area contributed by atoms with Crippen molar-refractivity contribution in [3.63, 3.8) is 0 Å². The number of para-hydroxylation sites is 1. The lowest BCUT2D eigenvalue weighted by Crippen LogP contribution is -2.34. The van der Waals surface area contributed by atoms with Gasteiger partial charge in [-0.15, -0.1) is 0 Å². The Kier molecular flexibility index (Phi) is 5.51. The van der Waals surface area contributed by atoms with Crippen LogP contribution in [0.2, 0.25) is 0 Å². The lowest BCUT2D eigenvalue weighted by atomic mass is 10.1. The Morgan fingerprint density at radius 3 is 2.70 bits per heavy atom. The summed E-state index contributed by atoms with van der Waals surface area (Å²) < 4.78 is 0. The first kappa shape index (κ1) is 21.1. The number of aromatic nitrogens is 2. The van der Waals surface area contributed by atoms with E-state index in [1.165, 1.54) is 0 Å². The second-order valence-corrected chi connectivity index (χ2v) is 8.70. The molecule has 2 amide bonds. The van der Waals surface area contributed by atoms with E-state index in [2.05, 4.69) is 34.6 Å². The molecule has 2 aliphatic heterocycles. The highest BCUT2D eigenvalue weighted by Crippen LogP contribution is 2.32. The van der Waals surface area contributed by atoms with E-state index in [9.17, 15) is 9.59 Å². The van der Waals surface area contributed by atoms with Gasteiger partial charge in [0, 0.05) is 47.7 Å². The van der Waals surface area contributed by atoms with Crippen LogP contribution < -0.4 is 10.6 Å². The Labute approximate surface area is 192 Å². The number of likely N-dealkylation sites (tertiary alicyclic amines) is 1. The van der Waals surface area contributed by atoms with Crippen molar-refractivity contribution in [3.8, 4) is 11.3 Å². The second-order valence-electron chi connectivity index (χ2n) is 8.70. The summed E-state index contributed by atoms with van der Waals surface area (Å²) >= 11 is 0. The summed E-state index contributed by atoms with van der Waals surface area (Å²) in [6.45, 7) is 1.54. The Morgan fingerprint density at radius 1 is 1.15 bits per heavy atom. The zero-order valence-corrected chi connectivity index (χ0v) is 18.7. The summed E-state index contributed by atoms with van der Waals surface area (Å²) in [5.41, 5.74) is 4.58. The van der Waals surface area contributed by atoms with Gasteiger partial charge in [0.05, 0.1) is 17.8 Å². The number of anilines is 3. The predicted octanol–water partition coefficient (Wildman–Crippen LogP) is 3.16. The van der Waals surface area contributed by atoms with E-state index in [0.29, 0.717) is 17.6 Å². The highest BCUT2D eigenvalue weighted by atomic mass is 16.2. The molecule has 33 heavy (non-hydrogen) atoms. The summed E-state index contributed by atoms with van der Waals surface area (Å²) in [4.78, 5) is 38.2. The number of carbonyl (C=O) groups is 2. The smallest absolute Gasteiger partial charge is 0.253 e. The lowest BCUT2D eigenvalue weighted by Gasteiger charge is -2.20. The molecule has 1 saturated heterocycles. The van der Waals surface area contributed by atoms with Gasteiger partial charge in [0.1, 0.15) is 0 Å². The van der Waals surface area contributed by atoms with Gasteiger partial charge in [-0.3, -0.25) is 9.59 Å². The van der Waals surface area contributed by atoms with Gasteiger partial charge in [-0.25, -0.2) is 9.97 Å². The van der Waals surface area contributed by atoms with Crippen LogP contribution in [0.1, 0.15) is 22.3 Å². The Bertz CT molecular complexity index is 1210. The molecule has 8 nitrogen and oxygen atoms in total. The van der Waals surface area contributed by atoms with Gasteiger partial charge in [0.15, 0.2) is 0 Å². The quantitative estimate of drug-likeness (QED) is 0.645. The normalized spacial score (nSPS) is 17.2. The van der Waals surface area contributed by atoms with E-state index in [4.69, 9.17) is 4.98 Å². The molecule has 5 rings (SSSR count). The maximum atomic E-state index is 12.9. The van der Waals surface area contributed by atoms with Crippen LogP contribution in [0.5, 0.6) is 0 Å². The molecule has 1 aromatic heterocycles. The molecule has 1 atom stereocenters. The van der Waals surface area contributed by atoms with Gasteiger partial charge in [-0.2, -0.15) is 0 Å². The third-order valence-corrected chi connectivity index (χ3v) is 6.24. The highest BCUT2D eigenvalue weighted by Gasteiger charge is 2.28. The summed E-state index contributed by atoms with van der Waals surface area (Å²) in [7, 11) is 4.10. The number of hydrogen-bond donors (Lipinski definition) is 2. The minimum absolute atomic E-state index is 0.0564. The molecule has 0 radical (unpaired) electrons. The van der Waals surface area contributed by atoms with Gasteiger partial charge in [0.25, 0.3) is 5.91 Å². The Balaban J connectivity index is 1.34. The fraction of sp³-hybridized carbons (Fsp3) is 0.280. The number of nitrogens with one attached hydrogen (secondary N) is 2. The number of hydrogen-bond acceptors (Lipinski definition) is 6. The van der Waals surface area contributed by atoms with Crippen LogP contribution in [0.15, 0.2) is 54.7 Å². The average Bonchev–Trinajstić information content (AvgIpc) is 3.26. The standard InChI is InChI=1S/C25H26N6O2/c1-30(2)19-11-12-31(15-19)24(33)16-7-9-18(10-8-16)27-25-26-14-17-13-22(32)28-21-6-4-3-5-20(21)23(17)29-25/h3-10,14,19H,11-13,15H2,1-2H3,(H,28,32)(H,26,27,29)/t19-/m1/s1. The summed E-state index contributed by atoms with van der Waals surface area (Å²) in [5.74, 6) is 0.409. The third kappa shape index (κ3) is 4.29. The third-order valence-electron chi connectivity index (χ3n) is 6.24. The molecular formula is C25H26N6O2. The SMILES string of the molecule is CN(C)[C@@H]1CCN(C(=O)c2ccc(Nc3ncc4c(n3)-c3ccccc3NC(=O)C4)cc2)C1. The molecule has 3 aromatic rings. The molecule has 0 aliphatic carbocycles. The van der Waals surface area contributed by atoms with Gasteiger partial charge in [-0.05, 0) is 50.8 Å². The summed E-state index contributed by atoms with van der Waals surface area (Å²) in [5, 5.41) is 6.14. The van der Waals surface area contributed by atoms with Crippen LogP contribution in [0.4, 0.5) is 17.3 Å². The van der Waals surface area contributed by atoms with Crippen LogP contribution in [0, 0.1) is 0 Å². The lowest BCUT2D eigenvalue weighted by molar-refractivity contribution is -0.115. The first-order valence-electron chi connectivity index (χ1n) is 11.1. The molecule has 0 unspecified atom stereocenters. The second kappa shape index (κ2) is 8.63. The molecule has 1 fully saturated rings. The van der Waals surface area contributed by atoms with Gasteiger partial charge in [0.2, 0.25) is 11.9 Å². The van der Waals surface area contributed by atoms with Crippen molar-refractivity contribution in [1.29, 1.82) is 0 Å². The van der Waals surface area contributed by atoms with Crippen LogP contribution in [0.25, 0.3) is 11.3 Å². The van der Waals surface area contributed by atoms with E-state index < -0.39 is 0 Å². The minimum atomic E-state index is -0.0827. The monoisotopic (exact) mass is 442 g/mol. The number of carbonyl (C=O) groups excluding carboxylic acids is 2. The van der Waals surface area contributed by atoms with E-state index >= 15 is 0 Å².